The molecule has 0 amide bonds. The van der Waals surface area contributed by atoms with E-state index in [9.17, 15) is 8.42 Å². The van der Waals surface area contributed by atoms with Crippen molar-refractivity contribution in [1.29, 1.82) is 0 Å². The maximum absolute atomic E-state index is 12.4. The summed E-state index contributed by atoms with van der Waals surface area (Å²) in [5.74, 6) is 0. The lowest BCUT2D eigenvalue weighted by atomic mass is 9.99. The van der Waals surface area contributed by atoms with Gasteiger partial charge < -0.3 is 4.74 Å². The van der Waals surface area contributed by atoms with Gasteiger partial charge >= 0.3 is 0 Å². The number of nitrogens with zero attached hydrogens (tertiary/aromatic N) is 2. The molecule has 0 aliphatic carbocycles. The van der Waals surface area contributed by atoms with Crippen LogP contribution >= 0.6 is 11.3 Å². The molecule has 120 valence electrons. The quantitative estimate of drug-likeness (QED) is 0.904. The van der Waals surface area contributed by atoms with E-state index in [1.165, 1.54) is 11.3 Å². The highest BCUT2D eigenvalue weighted by atomic mass is 32.2. The molecular weight excluding hydrogens is 322 g/mol. The average Bonchev–Trinajstić information content (AvgIpc) is 3.19. The summed E-state index contributed by atoms with van der Waals surface area (Å²) in [5.41, 5.74) is 0.917. The maximum atomic E-state index is 12.4. The number of rotatable bonds is 5. The van der Waals surface area contributed by atoms with E-state index in [2.05, 4.69) is 9.82 Å². The lowest BCUT2D eigenvalue weighted by Gasteiger charge is -2.31. The molecule has 0 radical (unpaired) electrons. The van der Waals surface area contributed by atoms with Crippen molar-refractivity contribution >= 4 is 21.4 Å². The van der Waals surface area contributed by atoms with Crippen LogP contribution in [0, 0.1) is 0 Å². The van der Waals surface area contributed by atoms with Gasteiger partial charge in [-0.05, 0) is 31.2 Å². The number of aryl methyl sites for hydroxylation is 1. The number of hydrogen-bond acceptors (Lipinski definition) is 5. The third kappa shape index (κ3) is 3.24. The molecule has 6 nitrogen and oxygen atoms in total. The second kappa shape index (κ2) is 6.49. The number of hydrogen-bond donors (Lipinski definition) is 1. The van der Waals surface area contributed by atoms with Crippen LogP contribution in [0.15, 0.2) is 34.1 Å². The van der Waals surface area contributed by atoms with Crippen LogP contribution in [0.1, 0.15) is 31.4 Å². The Balaban J connectivity index is 1.81. The zero-order chi connectivity index (χ0) is 15.6. The summed E-state index contributed by atoms with van der Waals surface area (Å²) in [5, 5.41) is 6.01. The summed E-state index contributed by atoms with van der Waals surface area (Å²) in [4.78, 5) is 0. The molecule has 22 heavy (non-hydrogen) atoms. The van der Waals surface area contributed by atoms with Crippen molar-refractivity contribution < 1.29 is 13.2 Å². The van der Waals surface area contributed by atoms with E-state index in [-0.39, 0.29) is 12.1 Å². The second-order valence-electron chi connectivity index (χ2n) is 5.22. The summed E-state index contributed by atoms with van der Waals surface area (Å²) in [6, 6.07) is 3.08. The van der Waals surface area contributed by atoms with Crippen molar-refractivity contribution in [3.63, 3.8) is 0 Å². The van der Waals surface area contributed by atoms with Crippen LogP contribution in [0.4, 0.5) is 0 Å². The summed E-state index contributed by atoms with van der Waals surface area (Å²) >= 11 is 1.22. The molecule has 0 spiro atoms. The highest BCUT2D eigenvalue weighted by Gasteiger charge is 2.32. The molecule has 2 aromatic rings. The summed E-state index contributed by atoms with van der Waals surface area (Å²) in [6.45, 7) is 3.42. The lowest BCUT2D eigenvalue weighted by Crippen LogP contribution is -2.42. The van der Waals surface area contributed by atoms with Gasteiger partial charge in [0.1, 0.15) is 10.3 Å². The molecule has 0 unspecified atom stereocenters. The topological polar surface area (TPSA) is 73.2 Å². The van der Waals surface area contributed by atoms with Crippen LogP contribution in [0.3, 0.4) is 0 Å². The van der Waals surface area contributed by atoms with Gasteiger partial charge in [0.2, 0.25) is 10.0 Å². The zero-order valence-electron chi connectivity index (χ0n) is 12.3. The van der Waals surface area contributed by atoms with Crippen molar-refractivity contribution in [2.45, 2.75) is 42.7 Å². The Bertz CT molecular complexity index is 710. The Labute approximate surface area is 134 Å². The van der Waals surface area contributed by atoms with E-state index in [1.54, 1.807) is 23.7 Å². The fourth-order valence-electron chi connectivity index (χ4n) is 2.60. The fraction of sp³-hybridized carbons (Fsp3) is 0.500. The average molecular weight is 341 g/mol. The Hall–Kier alpha value is -1.22. The lowest BCUT2D eigenvalue weighted by molar-refractivity contribution is -0.00446. The van der Waals surface area contributed by atoms with Gasteiger partial charge in [-0.15, -0.1) is 11.3 Å². The molecule has 1 saturated heterocycles. The van der Waals surface area contributed by atoms with Gasteiger partial charge in [-0.3, -0.25) is 4.68 Å². The Morgan fingerprint density at radius 3 is 3.09 bits per heavy atom. The minimum absolute atomic E-state index is 0.268. The highest BCUT2D eigenvalue weighted by molar-refractivity contribution is 7.91. The Kier molecular flexibility index (Phi) is 4.62. The minimum Gasteiger partial charge on any atom is -0.372 e. The largest absolute Gasteiger partial charge is 0.372 e. The number of thiophene rings is 1. The molecule has 1 aliphatic heterocycles. The molecular formula is C14H19N3O3S2. The van der Waals surface area contributed by atoms with Gasteiger partial charge in [0.25, 0.3) is 0 Å². The SMILES string of the molecule is CCn1cc([C@H]2OCCC[C@@H]2NS(=O)(=O)c2cccs2)cn1. The van der Waals surface area contributed by atoms with Crippen LogP contribution < -0.4 is 4.72 Å². The van der Waals surface area contributed by atoms with E-state index in [1.807, 2.05) is 17.8 Å². The number of nitrogens with one attached hydrogen (secondary N) is 1. The Morgan fingerprint density at radius 1 is 1.55 bits per heavy atom. The first kappa shape index (κ1) is 15.7. The van der Waals surface area contributed by atoms with Gasteiger partial charge in [-0.2, -0.15) is 5.10 Å². The molecule has 2 aromatic heterocycles. The molecule has 8 heteroatoms. The van der Waals surface area contributed by atoms with E-state index in [0.717, 1.165) is 24.9 Å². The van der Waals surface area contributed by atoms with Crippen LogP contribution in [-0.4, -0.2) is 30.8 Å². The third-order valence-corrected chi connectivity index (χ3v) is 6.58. The van der Waals surface area contributed by atoms with Crippen molar-refractivity contribution in [3.8, 4) is 0 Å². The Morgan fingerprint density at radius 2 is 2.41 bits per heavy atom. The first-order valence-corrected chi connectivity index (χ1v) is 9.66. The van der Waals surface area contributed by atoms with Crippen LogP contribution in [-0.2, 0) is 21.3 Å². The van der Waals surface area contributed by atoms with Gasteiger partial charge in [-0.1, -0.05) is 6.07 Å². The van der Waals surface area contributed by atoms with Gasteiger partial charge in [0.05, 0.1) is 12.2 Å². The maximum Gasteiger partial charge on any atom is 0.250 e. The van der Waals surface area contributed by atoms with Crippen molar-refractivity contribution in [2.75, 3.05) is 6.61 Å². The van der Waals surface area contributed by atoms with E-state index >= 15 is 0 Å². The van der Waals surface area contributed by atoms with E-state index < -0.39 is 10.0 Å². The molecule has 2 atom stereocenters. The molecule has 1 fully saturated rings. The minimum atomic E-state index is -3.49. The van der Waals surface area contributed by atoms with Crippen molar-refractivity contribution in [2.24, 2.45) is 0 Å². The van der Waals surface area contributed by atoms with Crippen LogP contribution in [0.25, 0.3) is 0 Å². The smallest absolute Gasteiger partial charge is 0.250 e. The predicted octanol–water partition coefficient (Wildman–Crippen LogP) is 2.16. The molecule has 0 bridgehead atoms. The number of aromatic nitrogens is 2. The summed E-state index contributed by atoms with van der Waals surface area (Å²) < 4.78 is 35.6. The summed E-state index contributed by atoms with van der Waals surface area (Å²) in [7, 11) is -3.49. The number of sulfonamides is 1. The zero-order valence-corrected chi connectivity index (χ0v) is 13.9. The van der Waals surface area contributed by atoms with Crippen molar-refractivity contribution in [3.05, 3.63) is 35.5 Å². The predicted molar refractivity (Wildman–Crippen MR) is 84.3 cm³/mol. The fourth-order valence-corrected chi connectivity index (χ4v) is 4.88. The normalized spacial score (nSPS) is 22.8. The van der Waals surface area contributed by atoms with Crippen LogP contribution in [0.5, 0.6) is 0 Å². The van der Waals surface area contributed by atoms with Gasteiger partial charge in [0.15, 0.2) is 0 Å². The van der Waals surface area contributed by atoms with E-state index in [0.29, 0.717) is 10.8 Å². The van der Waals surface area contributed by atoms with Gasteiger partial charge in [-0.25, -0.2) is 13.1 Å². The standard InChI is InChI=1S/C14H19N3O3S2/c1-2-17-10-11(9-15-17)14-12(5-3-7-20-14)16-22(18,19)13-6-4-8-21-13/h4,6,8-10,12,14,16H,2-3,5,7H2,1H3/t12-,14+/m0/s1. The first-order valence-electron chi connectivity index (χ1n) is 7.30. The van der Waals surface area contributed by atoms with Crippen molar-refractivity contribution in [1.82, 2.24) is 14.5 Å². The summed E-state index contributed by atoms with van der Waals surface area (Å²) in [6.07, 6.45) is 4.99. The first-order chi connectivity index (χ1) is 10.6. The molecule has 0 aromatic carbocycles. The van der Waals surface area contributed by atoms with Crippen LogP contribution in [0.2, 0.25) is 0 Å². The second-order valence-corrected chi connectivity index (χ2v) is 8.11. The number of ether oxygens (including phenoxy) is 1. The highest BCUT2D eigenvalue weighted by Crippen LogP contribution is 2.30. The molecule has 3 rings (SSSR count). The third-order valence-electron chi connectivity index (χ3n) is 3.69. The molecule has 3 heterocycles. The molecule has 1 aliphatic rings. The van der Waals surface area contributed by atoms with Gasteiger partial charge in [0, 0.05) is 24.9 Å². The van der Waals surface area contributed by atoms with E-state index in [4.69, 9.17) is 4.74 Å². The monoisotopic (exact) mass is 341 g/mol. The molecule has 0 saturated carbocycles. The molecule has 1 N–H and O–H groups in total.